The number of pyridine rings is 2. The zero-order valence-corrected chi connectivity index (χ0v) is 14.0. The molecule has 0 fully saturated rings. The Morgan fingerprint density at radius 2 is 1.84 bits per heavy atom. The van der Waals surface area contributed by atoms with Gasteiger partial charge in [-0.15, -0.1) is 0 Å². The predicted molar refractivity (Wildman–Crippen MR) is 98.7 cm³/mol. The van der Waals surface area contributed by atoms with Gasteiger partial charge < -0.3 is 5.32 Å². The van der Waals surface area contributed by atoms with Crippen LogP contribution in [0.15, 0.2) is 65.7 Å². The van der Waals surface area contributed by atoms with Gasteiger partial charge in [-0.2, -0.15) is 5.10 Å². The van der Waals surface area contributed by atoms with E-state index in [1.165, 1.54) is 0 Å². The number of hydrogen-bond acceptors (Lipinski definition) is 4. The summed E-state index contributed by atoms with van der Waals surface area (Å²) in [5, 5.41) is 8.27. The summed E-state index contributed by atoms with van der Waals surface area (Å²) in [6.07, 6.45) is 3.42. The van der Waals surface area contributed by atoms with Gasteiger partial charge in [-0.25, -0.2) is 9.67 Å². The number of anilines is 1. The summed E-state index contributed by atoms with van der Waals surface area (Å²) in [5.74, 6) is 0. The molecule has 25 heavy (non-hydrogen) atoms. The third-order valence-corrected chi connectivity index (χ3v) is 4.14. The van der Waals surface area contributed by atoms with E-state index in [-0.39, 0.29) is 5.56 Å². The predicted octanol–water partition coefficient (Wildman–Crippen LogP) is 2.92. The maximum atomic E-state index is 13.4. The minimum Gasteiger partial charge on any atom is -0.386 e. The van der Waals surface area contributed by atoms with Gasteiger partial charge in [-0.1, -0.05) is 18.2 Å². The van der Waals surface area contributed by atoms with Crippen LogP contribution >= 0.6 is 0 Å². The van der Waals surface area contributed by atoms with Crippen LogP contribution in [0.1, 0.15) is 5.69 Å². The normalized spacial score (nSPS) is 11.0. The van der Waals surface area contributed by atoms with Gasteiger partial charge in [0.25, 0.3) is 5.56 Å². The third kappa shape index (κ3) is 2.39. The molecule has 6 heteroatoms. The van der Waals surface area contributed by atoms with Crippen molar-refractivity contribution in [3.05, 3.63) is 77.0 Å². The van der Waals surface area contributed by atoms with Gasteiger partial charge in [0.05, 0.1) is 11.4 Å². The smallest absolute Gasteiger partial charge is 0.284 e. The Labute approximate surface area is 144 Å². The molecule has 0 aliphatic heterocycles. The first kappa shape index (κ1) is 15.1. The van der Waals surface area contributed by atoms with Crippen molar-refractivity contribution in [1.82, 2.24) is 19.3 Å². The second-order valence-electron chi connectivity index (χ2n) is 5.72. The van der Waals surface area contributed by atoms with E-state index in [0.29, 0.717) is 17.0 Å². The van der Waals surface area contributed by atoms with Crippen LogP contribution in [-0.4, -0.2) is 26.4 Å². The Morgan fingerprint density at radius 1 is 1.04 bits per heavy atom. The van der Waals surface area contributed by atoms with Crippen molar-refractivity contribution in [2.75, 3.05) is 12.4 Å². The molecule has 1 aromatic carbocycles. The zero-order chi connectivity index (χ0) is 17.4. The number of para-hydroxylation sites is 1. The Balaban J connectivity index is 2.22. The minimum absolute atomic E-state index is 0.176. The van der Waals surface area contributed by atoms with Crippen molar-refractivity contribution in [3.63, 3.8) is 0 Å². The average Bonchev–Trinajstić information content (AvgIpc) is 3.15. The second kappa shape index (κ2) is 5.90. The summed E-state index contributed by atoms with van der Waals surface area (Å²) >= 11 is 0. The molecule has 4 aromatic rings. The molecule has 0 saturated carbocycles. The van der Waals surface area contributed by atoms with Crippen LogP contribution in [0.5, 0.6) is 0 Å². The molecule has 6 nitrogen and oxygen atoms in total. The van der Waals surface area contributed by atoms with E-state index in [2.05, 4.69) is 15.4 Å². The lowest BCUT2D eigenvalue weighted by Gasteiger charge is -2.17. The number of nitrogens with zero attached hydrogens (tertiary/aromatic N) is 4. The summed E-state index contributed by atoms with van der Waals surface area (Å²) in [6.45, 7) is 1.92. The highest BCUT2D eigenvalue weighted by Gasteiger charge is 2.19. The first-order chi connectivity index (χ1) is 12.2. The van der Waals surface area contributed by atoms with Crippen molar-refractivity contribution >= 4 is 16.7 Å². The summed E-state index contributed by atoms with van der Waals surface area (Å²) < 4.78 is 3.23. The fraction of sp³-hybridized carbons (Fsp3) is 0.105. The monoisotopic (exact) mass is 331 g/mol. The van der Waals surface area contributed by atoms with Gasteiger partial charge in [-0.3, -0.25) is 9.36 Å². The number of rotatable bonds is 3. The molecule has 0 unspecified atom stereocenters. The second-order valence-corrected chi connectivity index (χ2v) is 5.72. The highest BCUT2D eigenvalue weighted by molar-refractivity contribution is 5.94. The number of benzene rings is 1. The lowest BCUT2D eigenvalue weighted by molar-refractivity contribution is 0.849. The zero-order valence-electron chi connectivity index (χ0n) is 14.0. The maximum Gasteiger partial charge on any atom is 0.284 e. The number of aryl methyl sites for hydroxylation is 1. The standard InChI is InChI=1S/C19H17N5O/c1-13-9-10-15-16(20-2)17(23-12-6-11-21-23)19(25)24(18(15)22-13)14-7-4-3-5-8-14/h3-12,20H,1-2H3. The summed E-state index contributed by atoms with van der Waals surface area (Å²) in [7, 11) is 1.80. The van der Waals surface area contributed by atoms with Crippen molar-refractivity contribution in [3.8, 4) is 11.4 Å². The molecule has 3 aromatic heterocycles. The number of fused-ring (bicyclic) bond motifs is 1. The first-order valence-corrected chi connectivity index (χ1v) is 8.00. The molecular weight excluding hydrogens is 314 g/mol. The summed E-state index contributed by atoms with van der Waals surface area (Å²) in [5.41, 5.74) is 3.25. The largest absolute Gasteiger partial charge is 0.386 e. The van der Waals surface area contributed by atoms with Crippen molar-refractivity contribution in [1.29, 1.82) is 0 Å². The molecule has 0 saturated heterocycles. The molecule has 1 N–H and O–H groups in total. The van der Waals surface area contributed by atoms with Crippen LogP contribution in [0.25, 0.3) is 22.4 Å². The van der Waals surface area contributed by atoms with E-state index >= 15 is 0 Å². The third-order valence-electron chi connectivity index (χ3n) is 4.14. The maximum absolute atomic E-state index is 13.4. The molecular formula is C19H17N5O. The number of hydrogen-bond donors (Lipinski definition) is 1. The van der Waals surface area contributed by atoms with Crippen LogP contribution in [0.2, 0.25) is 0 Å². The van der Waals surface area contributed by atoms with Gasteiger partial charge in [0.2, 0.25) is 0 Å². The van der Waals surface area contributed by atoms with E-state index in [1.807, 2.05) is 49.4 Å². The van der Waals surface area contributed by atoms with Crippen LogP contribution in [0.3, 0.4) is 0 Å². The lowest BCUT2D eigenvalue weighted by atomic mass is 10.1. The van der Waals surface area contributed by atoms with Gasteiger partial charge in [0.1, 0.15) is 5.65 Å². The molecule has 0 amide bonds. The lowest BCUT2D eigenvalue weighted by Crippen LogP contribution is -2.26. The Morgan fingerprint density at radius 3 is 2.52 bits per heavy atom. The van der Waals surface area contributed by atoms with Crippen LogP contribution in [-0.2, 0) is 0 Å². The van der Waals surface area contributed by atoms with Crippen LogP contribution < -0.4 is 10.9 Å². The molecule has 0 aliphatic rings. The quantitative estimate of drug-likeness (QED) is 0.627. The molecule has 0 bridgehead atoms. The van der Waals surface area contributed by atoms with E-state index in [0.717, 1.165) is 16.8 Å². The molecule has 124 valence electrons. The van der Waals surface area contributed by atoms with E-state index in [4.69, 9.17) is 0 Å². The Bertz CT molecular complexity index is 1100. The SMILES string of the molecule is CNc1c(-n2cccn2)c(=O)n(-c2ccccc2)c2nc(C)ccc12. The number of aromatic nitrogens is 4. The minimum atomic E-state index is -0.176. The highest BCUT2D eigenvalue weighted by atomic mass is 16.1. The van der Waals surface area contributed by atoms with E-state index < -0.39 is 0 Å². The van der Waals surface area contributed by atoms with Crippen molar-refractivity contribution in [2.45, 2.75) is 6.92 Å². The van der Waals surface area contributed by atoms with Gasteiger partial charge in [-0.05, 0) is 37.3 Å². The van der Waals surface area contributed by atoms with Gasteiger partial charge >= 0.3 is 0 Å². The van der Waals surface area contributed by atoms with Crippen molar-refractivity contribution < 1.29 is 0 Å². The van der Waals surface area contributed by atoms with Crippen LogP contribution in [0.4, 0.5) is 5.69 Å². The van der Waals surface area contributed by atoms with Crippen molar-refractivity contribution in [2.24, 2.45) is 0 Å². The Kier molecular flexibility index (Phi) is 3.57. The van der Waals surface area contributed by atoms with Gasteiger partial charge in [0, 0.05) is 30.5 Å². The Hall–Kier alpha value is -3.41. The molecule has 0 radical (unpaired) electrons. The molecule has 0 atom stereocenters. The summed E-state index contributed by atoms with van der Waals surface area (Å²) in [6, 6.07) is 15.2. The first-order valence-electron chi connectivity index (χ1n) is 8.00. The average molecular weight is 331 g/mol. The molecule has 4 rings (SSSR count). The topological polar surface area (TPSA) is 64.7 Å². The fourth-order valence-corrected chi connectivity index (χ4v) is 3.03. The fourth-order valence-electron chi connectivity index (χ4n) is 3.03. The number of nitrogens with one attached hydrogen (secondary N) is 1. The molecule has 0 spiro atoms. The molecule has 0 aliphatic carbocycles. The molecule has 3 heterocycles. The van der Waals surface area contributed by atoms with E-state index in [1.54, 1.807) is 34.8 Å². The highest BCUT2D eigenvalue weighted by Crippen LogP contribution is 2.27. The van der Waals surface area contributed by atoms with Gasteiger partial charge in [0.15, 0.2) is 5.69 Å². The van der Waals surface area contributed by atoms with Crippen LogP contribution in [0, 0.1) is 6.92 Å². The van der Waals surface area contributed by atoms with E-state index in [9.17, 15) is 4.79 Å². The summed E-state index contributed by atoms with van der Waals surface area (Å²) in [4.78, 5) is 18.0.